The lowest BCUT2D eigenvalue weighted by Gasteiger charge is -2.36. The third-order valence-electron chi connectivity index (χ3n) is 4.45. The molecule has 4 rings (SSSR count). The Morgan fingerprint density at radius 2 is 1.65 bits per heavy atom. The van der Waals surface area contributed by atoms with E-state index < -0.39 is 0 Å². The largest absolute Gasteiger partial charge is 0.367 e. The van der Waals surface area contributed by atoms with Crippen LogP contribution in [0.3, 0.4) is 0 Å². The second kappa shape index (κ2) is 6.01. The number of nitrogens with zero attached hydrogens (tertiary/aromatic N) is 4. The van der Waals surface area contributed by atoms with Gasteiger partial charge in [-0.15, -0.1) is 0 Å². The molecule has 0 unspecified atom stereocenters. The maximum Gasteiger partial charge on any atom is 0.146 e. The number of hydrogen-bond acceptors (Lipinski definition) is 3. The van der Waals surface area contributed by atoms with Gasteiger partial charge >= 0.3 is 0 Å². The van der Waals surface area contributed by atoms with Gasteiger partial charge in [0.1, 0.15) is 5.82 Å². The van der Waals surface area contributed by atoms with Crippen LogP contribution in [0.15, 0.2) is 54.9 Å². The van der Waals surface area contributed by atoms with Crippen molar-refractivity contribution in [3.63, 3.8) is 0 Å². The maximum absolute atomic E-state index is 13.9. The van der Waals surface area contributed by atoms with Gasteiger partial charge in [-0.3, -0.25) is 4.90 Å². The topological polar surface area (TPSA) is 24.3 Å². The van der Waals surface area contributed by atoms with E-state index in [2.05, 4.69) is 25.4 Å². The summed E-state index contributed by atoms with van der Waals surface area (Å²) in [5, 5.41) is 0. The molecule has 0 radical (unpaired) electrons. The Balaban J connectivity index is 1.43. The van der Waals surface area contributed by atoms with E-state index in [1.54, 1.807) is 6.07 Å². The van der Waals surface area contributed by atoms with Crippen molar-refractivity contribution in [1.82, 2.24) is 14.5 Å². The highest BCUT2D eigenvalue weighted by atomic mass is 19.1. The van der Waals surface area contributed by atoms with Gasteiger partial charge in [-0.2, -0.15) is 0 Å². The Hall–Kier alpha value is -2.40. The first kappa shape index (κ1) is 14.2. The Kier molecular flexibility index (Phi) is 3.71. The number of fused-ring (bicyclic) bond motifs is 1. The number of benzene rings is 2. The molecule has 118 valence electrons. The molecule has 2 heterocycles. The molecule has 4 nitrogen and oxygen atoms in total. The summed E-state index contributed by atoms with van der Waals surface area (Å²) < 4.78 is 16.1. The van der Waals surface area contributed by atoms with E-state index in [1.165, 1.54) is 6.07 Å². The summed E-state index contributed by atoms with van der Waals surface area (Å²) in [7, 11) is 0. The molecule has 1 aliphatic rings. The Morgan fingerprint density at radius 1 is 0.913 bits per heavy atom. The molecule has 3 aromatic rings. The molecule has 0 bridgehead atoms. The van der Waals surface area contributed by atoms with E-state index in [9.17, 15) is 4.39 Å². The molecule has 0 saturated carbocycles. The third-order valence-corrected chi connectivity index (χ3v) is 4.45. The summed E-state index contributed by atoms with van der Waals surface area (Å²) in [6, 6.07) is 15.2. The van der Waals surface area contributed by atoms with Crippen LogP contribution < -0.4 is 4.90 Å². The van der Waals surface area contributed by atoms with Crippen LogP contribution in [-0.4, -0.2) is 40.6 Å². The summed E-state index contributed by atoms with van der Waals surface area (Å²) in [5.74, 6) is -0.137. The van der Waals surface area contributed by atoms with Gasteiger partial charge in [-0.1, -0.05) is 24.3 Å². The minimum atomic E-state index is -0.137. The van der Waals surface area contributed by atoms with Crippen LogP contribution in [0.4, 0.5) is 10.1 Å². The fourth-order valence-corrected chi connectivity index (χ4v) is 3.18. The number of anilines is 1. The molecule has 0 amide bonds. The lowest BCUT2D eigenvalue weighted by Crippen LogP contribution is -2.47. The van der Waals surface area contributed by atoms with Crippen LogP contribution >= 0.6 is 0 Å². The molecule has 0 atom stereocenters. The van der Waals surface area contributed by atoms with Gasteiger partial charge < -0.3 is 9.47 Å². The average Bonchev–Trinajstić information content (AvgIpc) is 2.99. The fourth-order valence-electron chi connectivity index (χ4n) is 3.18. The number of aromatic nitrogens is 2. The van der Waals surface area contributed by atoms with Crippen molar-refractivity contribution in [2.45, 2.75) is 6.67 Å². The molecule has 0 spiro atoms. The minimum Gasteiger partial charge on any atom is -0.367 e. The van der Waals surface area contributed by atoms with Crippen LogP contribution in [0.5, 0.6) is 0 Å². The molecular formula is C18H19FN4. The second-order valence-corrected chi connectivity index (χ2v) is 5.90. The van der Waals surface area contributed by atoms with Gasteiger partial charge in [0.25, 0.3) is 0 Å². The van der Waals surface area contributed by atoms with Crippen molar-refractivity contribution >= 4 is 16.7 Å². The molecule has 1 saturated heterocycles. The molecule has 0 aliphatic carbocycles. The average molecular weight is 310 g/mol. The number of para-hydroxylation sites is 3. The molecule has 0 N–H and O–H groups in total. The van der Waals surface area contributed by atoms with Crippen LogP contribution in [0.1, 0.15) is 0 Å². The minimum absolute atomic E-state index is 0.137. The van der Waals surface area contributed by atoms with E-state index in [0.717, 1.165) is 43.9 Å². The number of halogens is 1. The molecule has 5 heteroatoms. The molecule has 1 aliphatic heterocycles. The highest BCUT2D eigenvalue weighted by Crippen LogP contribution is 2.20. The zero-order chi connectivity index (χ0) is 15.6. The van der Waals surface area contributed by atoms with E-state index >= 15 is 0 Å². The smallest absolute Gasteiger partial charge is 0.146 e. The first-order chi connectivity index (χ1) is 11.3. The molecule has 1 fully saturated rings. The summed E-state index contributed by atoms with van der Waals surface area (Å²) >= 11 is 0. The van der Waals surface area contributed by atoms with E-state index in [4.69, 9.17) is 0 Å². The molecule has 1 aromatic heterocycles. The third kappa shape index (κ3) is 2.80. The summed E-state index contributed by atoms with van der Waals surface area (Å²) in [5.41, 5.74) is 2.89. The molecular weight excluding hydrogens is 291 g/mol. The Bertz CT molecular complexity index is 805. The summed E-state index contributed by atoms with van der Waals surface area (Å²) in [4.78, 5) is 8.94. The Labute approximate surface area is 134 Å². The number of imidazole rings is 1. The second-order valence-electron chi connectivity index (χ2n) is 5.90. The van der Waals surface area contributed by atoms with Crippen molar-refractivity contribution in [3.05, 3.63) is 60.7 Å². The lowest BCUT2D eigenvalue weighted by molar-refractivity contribution is 0.208. The monoisotopic (exact) mass is 310 g/mol. The number of piperazine rings is 1. The van der Waals surface area contributed by atoms with Crippen molar-refractivity contribution in [2.24, 2.45) is 0 Å². The van der Waals surface area contributed by atoms with Crippen molar-refractivity contribution in [3.8, 4) is 0 Å². The van der Waals surface area contributed by atoms with Crippen LogP contribution in [0, 0.1) is 5.82 Å². The fraction of sp³-hybridized carbons (Fsp3) is 0.278. The van der Waals surface area contributed by atoms with Crippen molar-refractivity contribution < 1.29 is 4.39 Å². The summed E-state index contributed by atoms with van der Waals surface area (Å²) in [6.07, 6.45) is 1.90. The standard InChI is InChI=1S/C18H19FN4/c19-15-5-1-3-7-17(15)22-11-9-21(10-12-22)14-23-13-20-16-6-2-4-8-18(16)23/h1-8,13H,9-12,14H2. The first-order valence-corrected chi connectivity index (χ1v) is 7.93. The van der Waals surface area contributed by atoms with Gasteiger partial charge in [-0.05, 0) is 24.3 Å². The highest BCUT2D eigenvalue weighted by molar-refractivity contribution is 5.74. The van der Waals surface area contributed by atoms with E-state index in [1.807, 2.05) is 36.7 Å². The van der Waals surface area contributed by atoms with Crippen molar-refractivity contribution in [2.75, 3.05) is 31.1 Å². The number of hydrogen-bond donors (Lipinski definition) is 0. The lowest BCUT2D eigenvalue weighted by atomic mass is 10.2. The van der Waals surface area contributed by atoms with Crippen LogP contribution in [0.25, 0.3) is 11.0 Å². The van der Waals surface area contributed by atoms with E-state index in [-0.39, 0.29) is 5.82 Å². The first-order valence-electron chi connectivity index (χ1n) is 7.93. The quantitative estimate of drug-likeness (QED) is 0.743. The van der Waals surface area contributed by atoms with Gasteiger partial charge in [-0.25, -0.2) is 9.37 Å². The summed E-state index contributed by atoms with van der Waals surface area (Å²) in [6.45, 7) is 4.34. The predicted octanol–water partition coefficient (Wildman–Crippen LogP) is 2.96. The van der Waals surface area contributed by atoms with Crippen LogP contribution in [-0.2, 0) is 6.67 Å². The zero-order valence-electron chi connectivity index (χ0n) is 12.9. The van der Waals surface area contributed by atoms with Crippen molar-refractivity contribution in [1.29, 1.82) is 0 Å². The zero-order valence-corrected chi connectivity index (χ0v) is 12.9. The van der Waals surface area contributed by atoms with Gasteiger partial charge in [0.05, 0.1) is 29.7 Å². The highest BCUT2D eigenvalue weighted by Gasteiger charge is 2.19. The van der Waals surface area contributed by atoms with Gasteiger partial charge in [0.15, 0.2) is 0 Å². The normalized spacial score (nSPS) is 16.1. The van der Waals surface area contributed by atoms with Gasteiger partial charge in [0.2, 0.25) is 0 Å². The van der Waals surface area contributed by atoms with Crippen LogP contribution in [0.2, 0.25) is 0 Å². The van der Waals surface area contributed by atoms with E-state index in [0.29, 0.717) is 5.69 Å². The molecule has 23 heavy (non-hydrogen) atoms. The number of rotatable bonds is 3. The SMILES string of the molecule is Fc1ccccc1N1CCN(Cn2cnc3ccccc32)CC1. The molecule has 2 aromatic carbocycles. The maximum atomic E-state index is 13.9. The van der Waals surface area contributed by atoms with Gasteiger partial charge in [0, 0.05) is 26.2 Å². The Morgan fingerprint density at radius 3 is 2.48 bits per heavy atom. The predicted molar refractivity (Wildman–Crippen MR) is 89.9 cm³/mol.